The van der Waals surface area contributed by atoms with E-state index in [1.807, 2.05) is 52.0 Å². The second-order valence-electron chi connectivity index (χ2n) is 28.4. The molecule has 12 heteroatoms. The highest BCUT2D eigenvalue weighted by atomic mass is 32.2. The highest BCUT2D eigenvalue weighted by Gasteiger charge is 2.18. The molecular formula is C81H164N2O9S. The zero-order valence-corrected chi connectivity index (χ0v) is 67.2. The zero-order valence-electron chi connectivity index (χ0n) is 66.4. The maximum Gasteiger partial charge on any atom is 0.151 e. The Morgan fingerprint density at radius 1 is 0.505 bits per heavy atom. The topological polar surface area (TPSA) is 138 Å². The van der Waals surface area contributed by atoms with Crippen molar-refractivity contribution in [3.8, 4) is 0 Å². The van der Waals surface area contributed by atoms with Crippen molar-refractivity contribution in [3.63, 3.8) is 0 Å². The molecule has 0 radical (unpaired) electrons. The largest absolute Gasteiger partial charge is 0.396 e. The van der Waals surface area contributed by atoms with Gasteiger partial charge in [-0.05, 0) is 166 Å². The minimum atomic E-state index is -2.88. The molecular weight excluding hydrogens is 1180 g/mol. The molecule has 1 unspecified atom stereocenters. The first-order chi connectivity index (χ1) is 43.9. The normalized spacial score (nSPS) is 18.4. The third-order valence-electron chi connectivity index (χ3n) is 16.5. The number of rotatable bonds is 17. The molecule has 2 aromatic carbocycles. The fraction of sp³-hybridized carbons (Fsp3) is 0.852. The van der Waals surface area contributed by atoms with Crippen molar-refractivity contribution in [1.82, 2.24) is 9.80 Å². The number of hydrogen-bond donors (Lipinski definition) is 3. The standard InChI is InChI=1S/C9H18.C8H10O2S.C8H10.C7H15N.C6H12O.C6H14O.C5H11N.C5H10O.2C5H12O.C5H10.C5H12.C4H10O.C3H8O/c1-3-9-6-4-8(2)5-7-9;1-11(9,10)7-8-5-3-2-4-6-8;1-2-8-6-4-3-5-7-8;1-7-3-5-8(2)6-4-7;1-2-6-3-4-7-5-6;1-4-5-6(2,3)7;1-5-3-6(2)4-5;1-2-5-3-6-4-5;1-4-5(2,3)6;1-3-4-5-6-2;1-5-3-2-4-5;1-3-5-4-2;1-3-4-5-2;1-2-3-4/h8-9H,3-7H2,1-2H3;2-6H,7H2,1H3;3-7H,2H2,1H3;7H,3-6H2,1-2H3;6H,2-5H2,1H3;7H,4-5H2,1-3H3;5H,3-4H2,1-2H3;5H,2-4H2,1H3;6H,4H2,1-3H3;3-5H2,1-2H3;5H,2-4H2,1H3;3-5H2,1-2H3;3-4H2,1-2H3;4H,2-3H2,1H3. The van der Waals surface area contributed by atoms with Gasteiger partial charge in [0.15, 0.2) is 9.84 Å². The molecule has 2 aromatic rings. The van der Waals surface area contributed by atoms with Crippen LogP contribution in [-0.4, -0.2) is 152 Å². The average Bonchev–Trinajstić information content (AvgIpc) is 3.67. The zero-order chi connectivity index (χ0) is 72.2. The predicted molar refractivity (Wildman–Crippen MR) is 411 cm³/mol. The minimum absolute atomic E-state index is 0.133. The quantitative estimate of drug-likeness (QED) is 0.131. The number of methoxy groups -OCH3 is 2. The molecule has 4 aliphatic heterocycles. The Bertz CT molecular complexity index is 1740. The molecule has 558 valence electrons. The molecule has 0 amide bonds. The van der Waals surface area contributed by atoms with E-state index >= 15 is 0 Å². The lowest BCUT2D eigenvalue weighted by atomic mass is 9.82. The highest BCUT2D eigenvalue weighted by molar-refractivity contribution is 7.89. The molecule has 0 spiro atoms. The summed E-state index contributed by atoms with van der Waals surface area (Å²) in [4.78, 5) is 4.73. The van der Waals surface area contributed by atoms with Gasteiger partial charge in [-0.25, -0.2) is 8.42 Å². The summed E-state index contributed by atoms with van der Waals surface area (Å²) in [5.74, 6) is 7.00. The Morgan fingerprint density at radius 2 is 0.935 bits per heavy atom. The lowest BCUT2D eigenvalue weighted by Crippen LogP contribution is -2.41. The molecule has 1 atom stereocenters. The Labute approximate surface area is 582 Å². The smallest absolute Gasteiger partial charge is 0.151 e. The van der Waals surface area contributed by atoms with Gasteiger partial charge in [0.25, 0.3) is 0 Å². The van der Waals surface area contributed by atoms with Crippen molar-refractivity contribution in [2.75, 3.05) is 107 Å². The van der Waals surface area contributed by atoms with Crippen LogP contribution in [0.15, 0.2) is 60.7 Å². The van der Waals surface area contributed by atoms with E-state index in [0.29, 0.717) is 6.61 Å². The molecule has 2 saturated carbocycles. The second-order valence-corrected chi connectivity index (χ2v) is 30.5. The first kappa shape index (κ1) is 102. The first-order valence-corrected chi connectivity index (χ1v) is 39.8. The number of aliphatic hydroxyl groups is 3. The van der Waals surface area contributed by atoms with Crippen LogP contribution >= 0.6 is 0 Å². The number of sulfone groups is 1. The number of likely N-dealkylation sites (tertiary alicyclic amines) is 2. The third kappa shape index (κ3) is 88.0. The second kappa shape index (κ2) is 72.8. The van der Waals surface area contributed by atoms with Gasteiger partial charge in [0.2, 0.25) is 0 Å². The van der Waals surface area contributed by atoms with E-state index in [2.05, 4.69) is 138 Å². The monoisotopic (exact) mass is 1340 g/mol. The molecule has 0 bridgehead atoms. The maximum absolute atomic E-state index is 10.8. The van der Waals surface area contributed by atoms with Crippen LogP contribution in [0.25, 0.3) is 0 Å². The number of aryl methyl sites for hydroxylation is 1. The molecule has 8 rings (SSSR count). The van der Waals surface area contributed by atoms with E-state index < -0.39 is 21.0 Å². The number of aliphatic hydroxyl groups excluding tert-OH is 1. The van der Waals surface area contributed by atoms with E-state index in [1.165, 1.54) is 154 Å². The fourth-order valence-corrected chi connectivity index (χ4v) is 9.77. The molecule has 3 N–H and O–H groups in total. The molecule has 4 saturated heterocycles. The van der Waals surface area contributed by atoms with E-state index in [0.717, 1.165) is 125 Å². The molecule has 4 heterocycles. The van der Waals surface area contributed by atoms with Gasteiger partial charge in [0.1, 0.15) is 0 Å². The number of benzene rings is 2. The van der Waals surface area contributed by atoms with Gasteiger partial charge in [-0.15, -0.1) is 0 Å². The highest BCUT2D eigenvalue weighted by Crippen LogP contribution is 2.30. The van der Waals surface area contributed by atoms with Gasteiger partial charge in [0.05, 0.1) is 30.2 Å². The van der Waals surface area contributed by atoms with E-state index in [9.17, 15) is 8.42 Å². The van der Waals surface area contributed by atoms with E-state index in [-0.39, 0.29) is 5.75 Å². The lowest BCUT2D eigenvalue weighted by Gasteiger charge is -2.33. The van der Waals surface area contributed by atoms with Crippen LogP contribution in [0.2, 0.25) is 0 Å². The van der Waals surface area contributed by atoms with Gasteiger partial charge in [-0.3, -0.25) is 0 Å². The minimum Gasteiger partial charge on any atom is -0.396 e. The summed E-state index contributed by atoms with van der Waals surface area (Å²) >= 11 is 0. The number of unbranched alkanes of at least 4 members (excludes halogenated alkanes) is 3. The van der Waals surface area contributed by atoms with Crippen molar-refractivity contribution in [3.05, 3.63) is 71.8 Å². The van der Waals surface area contributed by atoms with Crippen molar-refractivity contribution < 1.29 is 42.7 Å². The van der Waals surface area contributed by atoms with Gasteiger partial charge in [0, 0.05) is 72.5 Å². The number of hydrogen-bond acceptors (Lipinski definition) is 11. The van der Waals surface area contributed by atoms with Crippen LogP contribution in [0.5, 0.6) is 0 Å². The van der Waals surface area contributed by atoms with Crippen molar-refractivity contribution in [1.29, 1.82) is 0 Å². The van der Waals surface area contributed by atoms with Crippen molar-refractivity contribution >= 4 is 9.84 Å². The number of nitrogens with zero attached hydrogens (tertiary/aromatic N) is 2. The third-order valence-corrected chi connectivity index (χ3v) is 17.4. The van der Waals surface area contributed by atoms with Crippen LogP contribution in [0.4, 0.5) is 0 Å². The van der Waals surface area contributed by atoms with Crippen LogP contribution < -0.4 is 0 Å². The van der Waals surface area contributed by atoms with Gasteiger partial charge < -0.3 is 44.1 Å². The first-order valence-electron chi connectivity index (χ1n) is 37.8. The van der Waals surface area contributed by atoms with E-state index in [1.54, 1.807) is 40.2 Å². The summed E-state index contributed by atoms with van der Waals surface area (Å²) in [6.07, 6.45) is 32.2. The Hall–Kier alpha value is -1.97. The number of piperidine rings is 1. The molecule has 93 heavy (non-hydrogen) atoms. The van der Waals surface area contributed by atoms with Crippen molar-refractivity contribution in [2.24, 2.45) is 41.4 Å². The lowest BCUT2D eigenvalue weighted by molar-refractivity contribution is -0.0331. The Kier molecular flexibility index (Phi) is 79.8. The molecule has 0 aromatic heterocycles. The van der Waals surface area contributed by atoms with Gasteiger partial charge in [-0.2, -0.15) is 0 Å². The van der Waals surface area contributed by atoms with Crippen molar-refractivity contribution in [2.45, 2.75) is 303 Å². The summed E-state index contributed by atoms with van der Waals surface area (Å²) in [5.41, 5.74) is 1.34. The number of ether oxygens (including phenoxy) is 4. The predicted octanol–water partition coefficient (Wildman–Crippen LogP) is 20.7. The molecule has 6 aliphatic rings. The van der Waals surface area contributed by atoms with Crippen LogP contribution in [0.3, 0.4) is 0 Å². The van der Waals surface area contributed by atoms with Gasteiger partial charge >= 0.3 is 0 Å². The van der Waals surface area contributed by atoms with Crippen LogP contribution in [0.1, 0.15) is 290 Å². The molecule has 11 nitrogen and oxygen atoms in total. The SMILES string of the molecule is CC1CCC1.CC1CCN(C)CC1.CC1CN(C)C1.CCC(C)(C)O.CCC1CCC(C)CC1.CCC1CCOC1.CCC1COC1.CCCC(C)(C)O.CCCCC.CCCCOC.CCCO.CCCOC.CCc1ccccc1.CS(=O)(=O)Cc1ccccc1. The summed E-state index contributed by atoms with van der Waals surface area (Å²) in [6.45, 7) is 51.5. The molecule has 2 aliphatic carbocycles. The van der Waals surface area contributed by atoms with E-state index in [4.69, 9.17) is 34.3 Å². The summed E-state index contributed by atoms with van der Waals surface area (Å²) in [7, 11) is 4.92. The Morgan fingerprint density at radius 3 is 1.11 bits per heavy atom. The fourth-order valence-electron chi connectivity index (χ4n) is 8.97. The van der Waals surface area contributed by atoms with Gasteiger partial charge in [-0.1, -0.05) is 254 Å². The average molecular weight is 1340 g/mol. The summed E-state index contributed by atoms with van der Waals surface area (Å²) in [5, 5.41) is 25.7. The van der Waals surface area contributed by atoms with Crippen LogP contribution in [-0.2, 0) is 41.0 Å². The molecule has 6 fully saturated rings. The maximum atomic E-state index is 10.8. The Balaban J connectivity index is -0.000000221. The summed E-state index contributed by atoms with van der Waals surface area (Å²) < 4.78 is 41.1. The summed E-state index contributed by atoms with van der Waals surface area (Å²) in [6, 6.07) is 19.6. The van der Waals surface area contributed by atoms with Crippen LogP contribution in [0, 0.1) is 41.4 Å².